The van der Waals surface area contributed by atoms with Crippen molar-refractivity contribution in [3.8, 4) is 0 Å². The van der Waals surface area contributed by atoms with Gasteiger partial charge in [0.25, 0.3) is 5.91 Å². The van der Waals surface area contributed by atoms with Crippen molar-refractivity contribution in [3.05, 3.63) is 35.4 Å². The first-order chi connectivity index (χ1) is 12.6. The molecule has 0 radical (unpaired) electrons. The second-order valence-corrected chi connectivity index (χ2v) is 7.03. The lowest BCUT2D eigenvalue weighted by molar-refractivity contribution is 0.0145. The summed E-state index contributed by atoms with van der Waals surface area (Å²) in [4.78, 5) is 29.2. The minimum absolute atomic E-state index is 0.0810. The average molecular weight is 360 g/mol. The smallest absolute Gasteiger partial charge is 0.338 e. The molecule has 3 rings (SSSR count). The summed E-state index contributed by atoms with van der Waals surface area (Å²) in [7, 11) is 3.12. The number of hydrogen-bond donors (Lipinski definition) is 0. The third kappa shape index (κ3) is 4.07. The van der Waals surface area contributed by atoms with Crippen LogP contribution in [0.5, 0.6) is 0 Å². The van der Waals surface area contributed by atoms with E-state index in [2.05, 4.69) is 4.90 Å². The van der Waals surface area contributed by atoms with Crippen LogP contribution >= 0.6 is 0 Å². The zero-order valence-electron chi connectivity index (χ0n) is 15.6. The molecule has 0 aromatic heterocycles. The molecule has 142 valence electrons. The Labute approximate surface area is 155 Å². The highest BCUT2D eigenvalue weighted by atomic mass is 16.5. The van der Waals surface area contributed by atoms with Crippen LogP contribution in [0.15, 0.2) is 24.3 Å². The summed E-state index contributed by atoms with van der Waals surface area (Å²) in [6, 6.07) is 7.42. The summed E-state index contributed by atoms with van der Waals surface area (Å²) in [6.45, 7) is 3.59. The van der Waals surface area contributed by atoms with Crippen LogP contribution in [0.2, 0.25) is 0 Å². The van der Waals surface area contributed by atoms with Gasteiger partial charge in [-0.15, -0.1) is 0 Å². The highest BCUT2D eigenvalue weighted by Crippen LogP contribution is 2.23. The number of likely N-dealkylation sites (tertiary alicyclic amines) is 2. The van der Waals surface area contributed by atoms with Gasteiger partial charge < -0.3 is 19.3 Å². The molecule has 0 spiro atoms. The maximum absolute atomic E-state index is 12.9. The van der Waals surface area contributed by atoms with Crippen LogP contribution in [0, 0.1) is 0 Å². The number of amides is 1. The summed E-state index contributed by atoms with van der Waals surface area (Å²) in [5.41, 5.74) is 0.766. The minimum atomic E-state index is -0.468. The van der Waals surface area contributed by atoms with E-state index in [4.69, 9.17) is 9.47 Å². The molecule has 0 atom stereocenters. The Morgan fingerprint density at radius 2 is 1.54 bits per heavy atom. The fourth-order valence-electron chi connectivity index (χ4n) is 4.04. The van der Waals surface area contributed by atoms with Crippen molar-refractivity contribution >= 4 is 11.9 Å². The van der Waals surface area contributed by atoms with Crippen molar-refractivity contribution in [1.29, 1.82) is 0 Å². The van der Waals surface area contributed by atoms with Gasteiger partial charge in [-0.25, -0.2) is 4.79 Å². The van der Waals surface area contributed by atoms with Gasteiger partial charge in [-0.2, -0.15) is 0 Å². The number of carbonyl (C=O) groups excluding carboxylic acids is 2. The number of hydrogen-bond acceptors (Lipinski definition) is 5. The van der Waals surface area contributed by atoms with Gasteiger partial charge >= 0.3 is 5.97 Å². The van der Waals surface area contributed by atoms with Crippen LogP contribution in [-0.4, -0.2) is 74.2 Å². The van der Waals surface area contributed by atoms with Crippen molar-refractivity contribution in [1.82, 2.24) is 9.80 Å². The van der Waals surface area contributed by atoms with E-state index in [1.807, 2.05) is 4.90 Å². The van der Waals surface area contributed by atoms with Crippen molar-refractivity contribution in [3.63, 3.8) is 0 Å². The van der Waals surface area contributed by atoms with Gasteiger partial charge in [-0.1, -0.05) is 12.1 Å². The lowest BCUT2D eigenvalue weighted by Crippen LogP contribution is -2.49. The van der Waals surface area contributed by atoms with Gasteiger partial charge in [-0.05, 0) is 37.8 Å². The normalized spacial score (nSPS) is 20.2. The number of piperidine rings is 2. The average Bonchev–Trinajstić information content (AvgIpc) is 2.73. The van der Waals surface area contributed by atoms with Crippen molar-refractivity contribution < 1.29 is 19.1 Å². The molecule has 2 aliphatic rings. The van der Waals surface area contributed by atoms with Crippen molar-refractivity contribution in [2.75, 3.05) is 40.4 Å². The van der Waals surface area contributed by atoms with Gasteiger partial charge in [-0.3, -0.25) is 4.79 Å². The molecule has 0 bridgehead atoms. The molecule has 6 heteroatoms. The standard InChI is InChI=1S/C20H28N2O4/c1-25-16-9-13-21(14-10-16)15-7-11-22(12-8-15)19(23)17-5-3-4-6-18(17)20(24)26-2/h3-6,15-16H,7-14H2,1-2H3. The van der Waals surface area contributed by atoms with Crippen LogP contribution in [0.3, 0.4) is 0 Å². The quantitative estimate of drug-likeness (QED) is 0.771. The van der Waals surface area contributed by atoms with E-state index in [0.717, 1.165) is 51.9 Å². The van der Waals surface area contributed by atoms with Crippen LogP contribution in [0.25, 0.3) is 0 Å². The molecule has 0 N–H and O–H groups in total. The largest absolute Gasteiger partial charge is 0.465 e. The molecule has 2 fully saturated rings. The third-order valence-corrected chi connectivity index (χ3v) is 5.64. The van der Waals surface area contributed by atoms with E-state index in [-0.39, 0.29) is 5.91 Å². The summed E-state index contributed by atoms with van der Waals surface area (Å²) < 4.78 is 10.2. The van der Waals surface area contributed by atoms with Gasteiger partial charge in [0.2, 0.25) is 0 Å². The Bertz CT molecular complexity index is 632. The molecule has 2 aliphatic heterocycles. The number of benzene rings is 1. The number of rotatable bonds is 4. The van der Waals surface area contributed by atoms with E-state index >= 15 is 0 Å². The van der Waals surface area contributed by atoms with Crippen molar-refractivity contribution in [2.45, 2.75) is 37.8 Å². The number of methoxy groups -OCH3 is 2. The first kappa shape index (κ1) is 18.9. The fraction of sp³-hybridized carbons (Fsp3) is 0.600. The zero-order valence-corrected chi connectivity index (χ0v) is 15.6. The van der Waals surface area contributed by atoms with Gasteiger partial charge in [0.05, 0.1) is 24.3 Å². The van der Waals surface area contributed by atoms with E-state index in [1.54, 1.807) is 31.4 Å². The molecule has 6 nitrogen and oxygen atoms in total. The predicted molar refractivity (Wildman–Crippen MR) is 98.3 cm³/mol. The second-order valence-electron chi connectivity index (χ2n) is 7.03. The Morgan fingerprint density at radius 3 is 2.12 bits per heavy atom. The topological polar surface area (TPSA) is 59.1 Å². The lowest BCUT2D eigenvalue weighted by Gasteiger charge is -2.41. The second kappa shape index (κ2) is 8.64. The molecule has 0 unspecified atom stereocenters. The summed E-state index contributed by atoms with van der Waals surface area (Å²) in [6.07, 6.45) is 4.51. The minimum Gasteiger partial charge on any atom is -0.465 e. The van der Waals surface area contributed by atoms with E-state index < -0.39 is 5.97 Å². The van der Waals surface area contributed by atoms with Gasteiger partial charge in [0, 0.05) is 39.3 Å². The van der Waals surface area contributed by atoms with Crippen LogP contribution in [0.4, 0.5) is 0 Å². The molecular weight excluding hydrogens is 332 g/mol. The Morgan fingerprint density at radius 1 is 0.923 bits per heavy atom. The first-order valence-corrected chi connectivity index (χ1v) is 9.37. The number of carbonyl (C=O) groups is 2. The van der Waals surface area contributed by atoms with Crippen LogP contribution in [0.1, 0.15) is 46.4 Å². The Kier molecular flexibility index (Phi) is 6.27. The molecule has 1 aromatic rings. The monoisotopic (exact) mass is 360 g/mol. The lowest BCUT2D eigenvalue weighted by atomic mass is 9.98. The fourth-order valence-corrected chi connectivity index (χ4v) is 4.04. The first-order valence-electron chi connectivity index (χ1n) is 9.37. The molecule has 1 amide bonds. The highest BCUT2D eigenvalue weighted by Gasteiger charge is 2.31. The number of nitrogens with zero attached hydrogens (tertiary/aromatic N) is 2. The molecule has 2 heterocycles. The summed E-state index contributed by atoms with van der Waals surface area (Å²) >= 11 is 0. The molecule has 2 saturated heterocycles. The Balaban J connectivity index is 1.59. The zero-order chi connectivity index (χ0) is 18.5. The molecule has 0 aliphatic carbocycles. The molecule has 0 saturated carbocycles. The van der Waals surface area contributed by atoms with Crippen LogP contribution < -0.4 is 0 Å². The maximum atomic E-state index is 12.9. The SMILES string of the molecule is COC(=O)c1ccccc1C(=O)N1CCC(N2CCC(OC)CC2)CC1. The predicted octanol–water partition coefficient (Wildman–Crippen LogP) is 2.19. The number of ether oxygens (including phenoxy) is 2. The third-order valence-electron chi connectivity index (χ3n) is 5.64. The highest BCUT2D eigenvalue weighted by molar-refractivity contribution is 6.05. The Hall–Kier alpha value is -1.92. The van der Waals surface area contributed by atoms with Crippen LogP contribution in [-0.2, 0) is 9.47 Å². The van der Waals surface area contributed by atoms with Gasteiger partial charge in [0.15, 0.2) is 0 Å². The molecule has 1 aromatic carbocycles. The van der Waals surface area contributed by atoms with E-state index in [9.17, 15) is 9.59 Å². The van der Waals surface area contributed by atoms with Gasteiger partial charge in [0.1, 0.15) is 0 Å². The molecular formula is C20H28N2O4. The number of esters is 1. The molecule has 26 heavy (non-hydrogen) atoms. The maximum Gasteiger partial charge on any atom is 0.338 e. The van der Waals surface area contributed by atoms with E-state index in [0.29, 0.717) is 23.3 Å². The summed E-state index contributed by atoms with van der Waals surface area (Å²) in [5.74, 6) is -0.549. The van der Waals surface area contributed by atoms with Crippen molar-refractivity contribution in [2.24, 2.45) is 0 Å². The summed E-state index contributed by atoms with van der Waals surface area (Å²) in [5, 5.41) is 0. The van der Waals surface area contributed by atoms with E-state index in [1.165, 1.54) is 7.11 Å².